The van der Waals surface area contributed by atoms with Crippen molar-refractivity contribution in [2.75, 3.05) is 0 Å². The van der Waals surface area contributed by atoms with Gasteiger partial charge >= 0.3 is 0 Å². The van der Waals surface area contributed by atoms with Gasteiger partial charge in [0.2, 0.25) is 5.82 Å². The van der Waals surface area contributed by atoms with E-state index >= 15 is 0 Å². The van der Waals surface area contributed by atoms with Gasteiger partial charge in [-0.15, -0.1) is 0 Å². The minimum atomic E-state index is -0.842. The van der Waals surface area contributed by atoms with Crippen LogP contribution in [0.5, 0.6) is 11.5 Å². The zero-order valence-corrected chi connectivity index (χ0v) is 13.1. The van der Waals surface area contributed by atoms with Crippen LogP contribution in [0.25, 0.3) is 0 Å². The van der Waals surface area contributed by atoms with Gasteiger partial charge in [0.05, 0.1) is 5.02 Å². The molecule has 0 unspecified atom stereocenters. The number of ether oxygens (including phenoxy) is 1. The Bertz CT molecular complexity index is 652. The molecule has 2 nitrogen and oxygen atoms in total. The van der Waals surface area contributed by atoms with E-state index in [2.05, 4.69) is 0 Å². The van der Waals surface area contributed by atoms with Crippen molar-refractivity contribution >= 4 is 11.6 Å². The van der Waals surface area contributed by atoms with Crippen molar-refractivity contribution in [1.29, 1.82) is 0 Å². The van der Waals surface area contributed by atoms with Crippen molar-refractivity contribution in [3.63, 3.8) is 0 Å². The summed E-state index contributed by atoms with van der Waals surface area (Å²) in [4.78, 5) is 0. The molecule has 0 saturated heterocycles. The molecule has 2 aromatic rings. The molecule has 0 aliphatic rings. The van der Waals surface area contributed by atoms with E-state index < -0.39 is 17.4 Å². The first kappa shape index (κ1) is 16.6. The van der Waals surface area contributed by atoms with E-state index in [0.29, 0.717) is 12.0 Å². The molecule has 0 atom stereocenters. The Morgan fingerprint density at radius 3 is 2.55 bits per heavy atom. The molecular weight excluding hydrogens is 310 g/mol. The van der Waals surface area contributed by atoms with Crippen LogP contribution in [0.4, 0.5) is 8.78 Å². The zero-order valence-electron chi connectivity index (χ0n) is 12.4. The van der Waals surface area contributed by atoms with Gasteiger partial charge < -0.3 is 9.84 Å². The number of phenolic OH excluding ortho intramolecular Hbond substituents is 1. The monoisotopic (exact) mass is 326 g/mol. The van der Waals surface area contributed by atoms with E-state index in [1.165, 1.54) is 24.3 Å². The van der Waals surface area contributed by atoms with Crippen molar-refractivity contribution in [1.82, 2.24) is 0 Å². The quantitative estimate of drug-likeness (QED) is 0.828. The Hall–Kier alpha value is -1.81. The molecule has 0 spiro atoms. The topological polar surface area (TPSA) is 29.5 Å². The fourth-order valence-corrected chi connectivity index (χ4v) is 2.34. The van der Waals surface area contributed by atoms with Crippen LogP contribution in [0.2, 0.25) is 5.02 Å². The number of halogens is 3. The van der Waals surface area contributed by atoms with Gasteiger partial charge in [0.15, 0.2) is 11.5 Å². The Balaban J connectivity index is 2.19. The summed E-state index contributed by atoms with van der Waals surface area (Å²) in [7, 11) is 0. The third-order valence-corrected chi connectivity index (χ3v) is 3.58. The molecule has 0 bridgehead atoms. The van der Waals surface area contributed by atoms with Crippen LogP contribution in [0.15, 0.2) is 30.3 Å². The lowest BCUT2D eigenvalue weighted by Crippen LogP contribution is -2.02. The highest BCUT2D eigenvalue weighted by atomic mass is 35.5. The fourth-order valence-electron chi connectivity index (χ4n) is 2.12. The van der Waals surface area contributed by atoms with E-state index in [1.807, 2.05) is 13.8 Å². The summed E-state index contributed by atoms with van der Waals surface area (Å²) in [5.74, 6) is -1.64. The van der Waals surface area contributed by atoms with Gasteiger partial charge in [-0.3, -0.25) is 0 Å². The standard InChI is InChI=1S/C17H17ClF2O2/c1-10(2)8-11-6-7-15(16(20)17(11)21)22-9-12-13(18)4-3-5-14(12)19/h3-7,10,21H,8-9H2,1-2H3. The highest BCUT2D eigenvalue weighted by molar-refractivity contribution is 6.31. The second-order valence-corrected chi connectivity index (χ2v) is 5.88. The summed E-state index contributed by atoms with van der Waals surface area (Å²) in [5.41, 5.74) is 0.665. The van der Waals surface area contributed by atoms with Crippen LogP contribution in [-0.4, -0.2) is 5.11 Å². The lowest BCUT2D eigenvalue weighted by Gasteiger charge is -2.13. The van der Waals surface area contributed by atoms with E-state index in [4.69, 9.17) is 16.3 Å². The first-order valence-corrected chi connectivity index (χ1v) is 7.34. The molecule has 1 N–H and O–H groups in total. The Morgan fingerprint density at radius 1 is 1.18 bits per heavy atom. The number of hydrogen-bond acceptors (Lipinski definition) is 2. The third-order valence-electron chi connectivity index (χ3n) is 3.23. The van der Waals surface area contributed by atoms with Gasteiger partial charge in [-0.1, -0.05) is 37.6 Å². The zero-order chi connectivity index (χ0) is 16.3. The van der Waals surface area contributed by atoms with E-state index in [1.54, 1.807) is 6.07 Å². The summed E-state index contributed by atoms with van der Waals surface area (Å²) in [6.45, 7) is 3.73. The maximum absolute atomic E-state index is 14.1. The minimum absolute atomic E-state index is 0.135. The number of phenols is 1. The van der Waals surface area contributed by atoms with Crippen LogP contribution in [0.1, 0.15) is 25.0 Å². The molecular formula is C17H17ClF2O2. The van der Waals surface area contributed by atoms with Gasteiger partial charge in [-0.05, 0) is 36.1 Å². The molecule has 118 valence electrons. The lowest BCUT2D eigenvalue weighted by molar-refractivity contribution is 0.278. The highest BCUT2D eigenvalue weighted by Gasteiger charge is 2.16. The summed E-state index contributed by atoms with van der Waals surface area (Å²) >= 11 is 5.89. The average Bonchev–Trinajstić information content (AvgIpc) is 2.45. The Labute approximate surface area is 133 Å². The predicted molar refractivity (Wildman–Crippen MR) is 82.3 cm³/mol. The number of aromatic hydroxyl groups is 1. The van der Waals surface area contributed by atoms with Gasteiger partial charge in [-0.25, -0.2) is 4.39 Å². The molecule has 0 amide bonds. The van der Waals surface area contributed by atoms with Crippen molar-refractivity contribution < 1.29 is 18.6 Å². The largest absolute Gasteiger partial charge is 0.505 e. The van der Waals surface area contributed by atoms with E-state index in [-0.39, 0.29) is 28.9 Å². The minimum Gasteiger partial charge on any atom is -0.505 e. The molecule has 0 aliphatic carbocycles. The molecule has 5 heteroatoms. The molecule has 2 rings (SSSR count). The molecule has 0 aliphatic heterocycles. The van der Waals surface area contributed by atoms with Crippen LogP contribution >= 0.6 is 11.6 Å². The smallest absolute Gasteiger partial charge is 0.206 e. The number of hydrogen-bond donors (Lipinski definition) is 1. The van der Waals surface area contributed by atoms with Gasteiger partial charge in [0.1, 0.15) is 12.4 Å². The van der Waals surface area contributed by atoms with Crippen LogP contribution in [0, 0.1) is 17.6 Å². The van der Waals surface area contributed by atoms with Crippen LogP contribution in [-0.2, 0) is 13.0 Å². The van der Waals surface area contributed by atoms with Gasteiger partial charge in [0.25, 0.3) is 0 Å². The first-order valence-electron chi connectivity index (χ1n) is 6.96. The molecule has 0 heterocycles. The second-order valence-electron chi connectivity index (χ2n) is 5.47. The fraction of sp³-hybridized carbons (Fsp3) is 0.294. The number of rotatable bonds is 5. The van der Waals surface area contributed by atoms with Crippen LogP contribution < -0.4 is 4.74 Å². The predicted octanol–water partition coefficient (Wildman–Crippen LogP) is 5.10. The van der Waals surface area contributed by atoms with Gasteiger partial charge in [0, 0.05) is 5.56 Å². The van der Waals surface area contributed by atoms with Crippen molar-refractivity contribution in [3.8, 4) is 11.5 Å². The first-order chi connectivity index (χ1) is 10.4. The molecule has 0 aromatic heterocycles. The summed E-state index contributed by atoms with van der Waals surface area (Å²) in [5, 5.41) is 10.1. The molecule has 2 aromatic carbocycles. The number of benzene rings is 2. The van der Waals surface area contributed by atoms with Crippen molar-refractivity contribution in [3.05, 3.63) is 58.1 Å². The Kier molecular flexibility index (Phi) is 5.24. The van der Waals surface area contributed by atoms with Crippen molar-refractivity contribution in [2.45, 2.75) is 26.9 Å². The second kappa shape index (κ2) is 6.97. The van der Waals surface area contributed by atoms with E-state index in [0.717, 1.165) is 0 Å². The normalized spacial score (nSPS) is 11.0. The highest BCUT2D eigenvalue weighted by Crippen LogP contribution is 2.32. The van der Waals surface area contributed by atoms with Crippen molar-refractivity contribution in [2.24, 2.45) is 5.92 Å². The van der Waals surface area contributed by atoms with Crippen LogP contribution in [0.3, 0.4) is 0 Å². The molecule has 22 heavy (non-hydrogen) atoms. The van der Waals surface area contributed by atoms with Gasteiger partial charge in [-0.2, -0.15) is 4.39 Å². The maximum atomic E-state index is 14.1. The average molecular weight is 327 g/mol. The third kappa shape index (κ3) is 3.69. The Morgan fingerprint density at radius 2 is 1.91 bits per heavy atom. The summed E-state index contributed by atoms with van der Waals surface area (Å²) < 4.78 is 33.0. The lowest BCUT2D eigenvalue weighted by atomic mass is 10.0. The SMILES string of the molecule is CC(C)Cc1ccc(OCc2c(F)cccc2Cl)c(F)c1O. The molecule has 0 saturated carbocycles. The van der Waals surface area contributed by atoms with E-state index in [9.17, 15) is 13.9 Å². The summed E-state index contributed by atoms with van der Waals surface area (Å²) in [6.07, 6.45) is 0.558. The molecule has 0 radical (unpaired) electrons. The maximum Gasteiger partial charge on any atom is 0.206 e. The summed E-state index contributed by atoms with van der Waals surface area (Å²) in [6, 6.07) is 7.31. The molecule has 0 fully saturated rings.